The van der Waals surface area contributed by atoms with Crippen LogP contribution in [0.25, 0.3) is 5.57 Å². The lowest BCUT2D eigenvalue weighted by atomic mass is 9.92. The van der Waals surface area contributed by atoms with Gasteiger partial charge >= 0.3 is 0 Å². The Balaban J connectivity index is 2.07. The van der Waals surface area contributed by atoms with Crippen molar-refractivity contribution in [3.05, 3.63) is 71.0 Å². The molecule has 0 spiro atoms. The minimum Gasteiger partial charge on any atom is -0.457 e. The Morgan fingerprint density at radius 1 is 1.22 bits per heavy atom. The van der Waals surface area contributed by atoms with Gasteiger partial charge in [-0.25, -0.2) is 0 Å². The first-order chi connectivity index (χ1) is 12.9. The number of likely N-dealkylation sites (N-methyl/N-ethyl adjacent to an activating group) is 1. The molecule has 6 nitrogen and oxygen atoms in total. The third kappa shape index (κ3) is 3.80. The van der Waals surface area contributed by atoms with Crippen molar-refractivity contribution in [1.29, 1.82) is 5.41 Å². The van der Waals surface area contributed by atoms with Crippen molar-refractivity contribution in [2.75, 3.05) is 19.8 Å². The largest absolute Gasteiger partial charge is 0.457 e. The van der Waals surface area contributed by atoms with Crippen molar-refractivity contribution in [1.82, 2.24) is 10.2 Å². The zero-order chi connectivity index (χ0) is 19.6. The summed E-state index contributed by atoms with van der Waals surface area (Å²) >= 11 is 5.92. The number of nitrogen functional groups attached to an aromatic ring is 1. The summed E-state index contributed by atoms with van der Waals surface area (Å²) in [5, 5.41) is 11.9. The van der Waals surface area contributed by atoms with E-state index in [9.17, 15) is 4.79 Å². The Morgan fingerprint density at radius 3 is 2.59 bits per heavy atom. The first-order valence-corrected chi connectivity index (χ1v) is 8.57. The van der Waals surface area contributed by atoms with Gasteiger partial charge in [0.1, 0.15) is 11.5 Å². The highest BCUT2D eigenvalue weighted by Crippen LogP contribution is 2.35. The number of ether oxygens (including phenoxy) is 1. The normalized spacial score (nSPS) is 15.7. The minimum atomic E-state index is -0.262. The first kappa shape index (κ1) is 18.5. The molecular formula is C20H19ClN4O2. The molecule has 0 radical (unpaired) electrons. The van der Waals surface area contributed by atoms with Crippen molar-refractivity contribution < 1.29 is 9.53 Å². The first-order valence-electron chi connectivity index (χ1n) is 8.19. The Kier molecular flexibility index (Phi) is 5.19. The van der Waals surface area contributed by atoms with Crippen LogP contribution in [0.4, 0.5) is 5.69 Å². The van der Waals surface area contributed by atoms with Crippen LogP contribution in [0.3, 0.4) is 0 Å². The van der Waals surface area contributed by atoms with E-state index in [2.05, 4.69) is 5.32 Å². The number of carbonyl (C=O) groups excluding carboxylic acids is 1. The van der Waals surface area contributed by atoms with Crippen molar-refractivity contribution in [2.24, 2.45) is 0 Å². The van der Waals surface area contributed by atoms with E-state index in [0.29, 0.717) is 33.3 Å². The molecule has 1 aliphatic rings. The van der Waals surface area contributed by atoms with E-state index < -0.39 is 0 Å². The second kappa shape index (κ2) is 7.55. The average molecular weight is 383 g/mol. The van der Waals surface area contributed by atoms with Crippen LogP contribution in [-0.4, -0.2) is 30.6 Å². The molecule has 2 aromatic carbocycles. The number of anilines is 1. The fraction of sp³-hybridized carbons (Fsp3) is 0.100. The number of allylic oxidation sites excluding steroid dienone is 1. The molecule has 0 unspecified atom stereocenters. The number of hydrogen-bond acceptors (Lipinski definition) is 5. The molecule has 1 aliphatic heterocycles. The molecular weight excluding hydrogens is 364 g/mol. The molecule has 138 valence electrons. The van der Waals surface area contributed by atoms with Gasteiger partial charge in [-0.05, 0) is 42.5 Å². The van der Waals surface area contributed by atoms with Crippen LogP contribution < -0.4 is 15.8 Å². The van der Waals surface area contributed by atoms with Gasteiger partial charge in [-0.2, -0.15) is 0 Å². The van der Waals surface area contributed by atoms with Gasteiger partial charge in [0.05, 0.1) is 11.3 Å². The quantitative estimate of drug-likeness (QED) is 0.556. The molecule has 0 atom stereocenters. The molecule has 0 saturated heterocycles. The van der Waals surface area contributed by atoms with Crippen molar-refractivity contribution in [3.8, 4) is 11.5 Å². The summed E-state index contributed by atoms with van der Waals surface area (Å²) in [5.41, 5.74) is 8.01. The fourth-order valence-corrected chi connectivity index (χ4v) is 2.84. The van der Waals surface area contributed by atoms with Crippen LogP contribution in [0.2, 0.25) is 5.02 Å². The van der Waals surface area contributed by atoms with E-state index in [1.54, 1.807) is 62.8 Å². The third-order valence-corrected chi connectivity index (χ3v) is 4.29. The summed E-state index contributed by atoms with van der Waals surface area (Å²) in [6.45, 7) is 0. The lowest BCUT2D eigenvalue weighted by molar-refractivity contribution is -0.123. The number of rotatable bonds is 4. The Labute approximate surface area is 162 Å². The standard InChI is InChI=1S/C20H19ClN4O2/c1-24-10-16-19(23)17(11-25(2)20(16)26)15-9-13(22)5-8-18(15)27-14-6-3-12(21)4-7-14/h3-11,23-24H,22H2,1-2H3/b16-10+,23-19?. The van der Waals surface area contributed by atoms with Crippen LogP contribution in [-0.2, 0) is 4.79 Å². The monoisotopic (exact) mass is 382 g/mol. The smallest absolute Gasteiger partial charge is 0.261 e. The second-order valence-electron chi connectivity index (χ2n) is 5.99. The summed E-state index contributed by atoms with van der Waals surface area (Å²) < 4.78 is 5.99. The van der Waals surface area contributed by atoms with E-state index in [1.807, 2.05) is 0 Å². The number of hydrogen-bond donors (Lipinski definition) is 3. The van der Waals surface area contributed by atoms with Crippen molar-refractivity contribution in [3.63, 3.8) is 0 Å². The number of benzene rings is 2. The summed E-state index contributed by atoms with van der Waals surface area (Å²) in [4.78, 5) is 13.8. The van der Waals surface area contributed by atoms with Gasteiger partial charge in [0, 0.05) is 48.3 Å². The molecule has 0 aliphatic carbocycles. The molecule has 1 amide bonds. The maximum absolute atomic E-state index is 12.3. The van der Waals surface area contributed by atoms with Gasteiger partial charge in [-0.15, -0.1) is 0 Å². The number of halogens is 1. The van der Waals surface area contributed by atoms with Gasteiger partial charge < -0.3 is 20.7 Å². The predicted octanol–water partition coefficient (Wildman–Crippen LogP) is 3.65. The fourth-order valence-electron chi connectivity index (χ4n) is 2.72. The van der Waals surface area contributed by atoms with E-state index >= 15 is 0 Å². The maximum Gasteiger partial charge on any atom is 0.261 e. The minimum absolute atomic E-state index is 0.0963. The van der Waals surface area contributed by atoms with Crippen molar-refractivity contribution >= 4 is 34.5 Å². The predicted molar refractivity (Wildman–Crippen MR) is 108 cm³/mol. The van der Waals surface area contributed by atoms with Gasteiger partial charge in [0.2, 0.25) is 0 Å². The molecule has 1 heterocycles. The molecule has 3 rings (SSSR count). The zero-order valence-corrected chi connectivity index (χ0v) is 15.7. The number of amides is 1. The zero-order valence-electron chi connectivity index (χ0n) is 14.9. The summed E-state index contributed by atoms with van der Waals surface area (Å²) in [7, 11) is 3.32. The molecule has 0 saturated carbocycles. The third-order valence-electron chi connectivity index (χ3n) is 4.04. The van der Waals surface area contributed by atoms with Gasteiger partial charge in [-0.3, -0.25) is 10.2 Å². The Morgan fingerprint density at radius 2 is 1.93 bits per heavy atom. The maximum atomic E-state index is 12.3. The van der Waals surface area contributed by atoms with E-state index in [4.69, 9.17) is 27.5 Å². The number of nitrogens with one attached hydrogen (secondary N) is 2. The molecule has 7 heteroatoms. The van der Waals surface area contributed by atoms with Crippen LogP contribution in [0.15, 0.2) is 60.4 Å². The van der Waals surface area contributed by atoms with Gasteiger partial charge in [-0.1, -0.05) is 11.6 Å². The number of carbonyl (C=O) groups is 1. The van der Waals surface area contributed by atoms with E-state index in [1.165, 1.54) is 11.1 Å². The summed E-state index contributed by atoms with van der Waals surface area (Å²) in [6, 6.07) is 12.2. The second-order valence-corrected chi connectivity index (χ2v) is 6.43. The lowest BCUT2D eigenvalue weighted by Gasteiger charge is -2.25. The molecule has 2 aromatic rings. The van der Waals surface area contributed by atoms with Gasteiger partial charge in [0.25, 0.3) is 5.91 Å². The van der Waals surface area contributed by atoms with Crippen LogP contribution in [0, 0.1) is 5.41 Å². The summed E-state index contributed by atoms with van der Waals surface area (Å²) in [6.07, 6.45) is 3.13. The molecule has 4 N–H and O–H groups in total. The molecule has 0 aromatic heterocycles. The SMILES string of the molecule is CN/C=C1\C(=N)C(c2cc(N)ccc2Oc2ccc(Cl)cc2)=CN(C)C1=O. The number of nitrogens with two attached hydrogens (primary N) is 1. The van der Waals surface area contributed by atoms with Crippen molar-refractivity contribution in [2.45, 2.75) is 0 Å². The number of nitrogens with zero attached hydrogens (tertiary/aromatic N) is 1. The lowest BCUT2D eigenvalue weighted by Crippen LogP contribution is -2.33. The van der Waals surface area contributed by atoms with Crippen LogP contribution in [0.1, 0.15) is 5.56 Å². The topological polar surface area (TPSA) is 91.4 Å². The van der Waals surface area contributed by atoms with E-state index in [0.717, 1.165) is 0 Å². The summed E-state index contributed by atoms with van der Waals surface area (Å²) in [5.74, 6) is 0.861. The Bertz CT molecular complexity index is 964. The average Bonchev–Trinajstić information content (AvgIpc) is 2.65. The molecule has 27 heavy (non-hydrogen) atoms. The highest BCUT2D eigenvalue weighted by Gasteiger charge is 2.29. The Hall–Kier alpha value is -3.25. The van der Waals surface area contributed by atoms with Crippen LogP contribution >= 0.6 is 11.6 Å². The van der Waals surface area contributed by atoms with Gasteiger partial charge in [0.15, 0.2) is 0 Å². The highest BCUT2D eigenvalue weighted by molar-refractivity contribution is 6.41. The molecule has 0 fully saturated rings. The highest BCUT2D eigenvalue weighted by atomic mass is 35.5. The van der Waals surface area contributed by atoms with Crippen LogP contribution in [0.5, 0.6) is 11.5 Å². The van der Waals surface area contributed by atoms with E-state index in [-0.39, 0.29) is 17.2 Å². The molecule has 0 bridgehead atoms.